The first-order valence-corrected chi connectivity index (χ1v) is 5.00. The van der Waals surface area contributed by atoms with E-state index >= 15 is 0 Å². The maximum atomic E-state index is 12.6. The van der Waals surface area contributed by atoms with E-state index in [9.17, 15) is 23.1 Å². The summed E-state index contributed by atoms with van der Waals surface area (Å²) in [6.07, 6.45) is -5.40. The second kappa shape index (κ2) is 4.56. The molecular formula is C10H13F3O4. The summed E-state index contributed by atoms with van der Waals surface area (Å²) in [5.41, 5.74) is -2.72. The molecule has 0 aromatic heterocycles. The van der Waals surface area contributed by atoms with E-state index in [0.717, 1.165) is 6.92 Å². The van der Waals surface area contributed by atoms with E-state index in [1.165, 1.54) is 0 Å². The molecule has 0 aliphatic carbocycles. The lowest BCUT2D eigenvalue weighted by Crippen LogP contribution is -2.48. The van der Waals surface area contributed by atoms with Crippen molar-refractivity contribution >= 4 is 5.97 Å². The Bertz CT molecular complexity index is 348. The summed E-state index contributed by atoms with van der Waals surface area (Å²) in [6.45, 7) is 1.84. The van der Waals surface area contributed by atoms with E-state index in [1.807, 2.05) is 0 Å². The minimum Gasteiger partial charge on any atom is -0.512 e. The molecule has 0 aromatic carbocycles. The number of esters is 1. The molecule has 0 aromatic rings. The molecule has 98 valence electrons. The number of alkyl halides is 3. The van der Waals surface area contributed by atoms with Gasteiger partial charge in [0.05, 0.1) is 13.2 Å². The molecule has 0 unspecified atom stereocenters. The van der Waals surface area contributed by atoms with Gasteiger partial charge in [-0.25, -0.2) is 4.79 Å². The SMILES string of the molecule is CCOC(=O)C1=C(O)C[C@](C)(C(F)(F)F)OC1. The minimum atomic E-state index is -4.61. The zero-order chi connectivity index (χ0) is 13.3. The zero-order valence-corrected chi connectivity index (χ0v) is 9.43. The van der Waals surface area contributed by atoms with Crippen molar-refractivity contribution < 1.29 is 32.5 Å². The van der Waals surface area contributed by atoms with Gasteiger partial charge in [0.15, 0.2) is 5.60 Å². The smallest absolute Gasteiger partial charge is 0.417 e. The van der Waals surface area contributed by atoms with Crippen LogP contribution in [-0.4, -0.2) is 36.1 Å². The number of ether oxygens (including phenoxy) is 2. The number of carbonyl (C=O) groups excluding carboxylic acids is 1. The summed E-state index contributed by atoms with van der Waals surface area (Å²) < 4.78 is 47.0. The van der Waals surface area contributed by atoms with Gasteiger partial charge >= 0.3 is 12.1 Å². The maximum Gasteiger partial charge on any atom is 0.417 e. The lowest BCUT2D eigenvalue weighted by molar-refractivity contribution is -0.273. The largest absolute Gasteiger partial charge is 0.512 e. The van der Waals surface area contributed by atoms with Gasteiger partial charge in [-0.1, -0.05) is 0 Å². The Hall–Kier alpha value is -1.24. The average molecular weight is 254 g/mol. The third-order valence-corrected chi connectivity index (χ3v) is 2.51. The summed E-state index contributed by atoms with van der Waals surface area (Å²) in [5.74, 6) is -1.48. The number of rotatable bonds is 2. The van der Waals surface area contributed by atoms with Crippen LogP contribution in [0.25, 0.3) is 0 Å². The lowest BCUT2D eigenvalue weighted by atomic mass is 9.95. The van der Waals surface area contributed by atoms with Crippen LogP contribution >= 0.6 is 0 Å². The zero-order valence-electron chi connectivity index (χ0n) is 9.43. The molecular weight excluding hydrogens is 241 g/mol. The third kappa shape index (κ3) is 2.71. The van der Waals surface area contributed by atoms with Gasteiger partial charge in [0.25, 0.3) is 0 Å². The summed E-state index contributed by atoms with van der Waals surface area (Å²) in [7, 11) is 0. The van der Waals surface area contributed by atoms with E-state index < -0.39 is 36.5 Å². The van der Waals surface area contributed by atoms with Crippen LogP contribution in [0.1, 0.15) is 20.3 Å². The van der Waals surface area contributed by atoms with E-state index in [2.05, 4.69) is 9.47 Å². The Morgan fingerprint density at radius 2 is 2.18 bits per heavy atom. The molecule has 0 amide bonds. The van der Waals surface area contributed by atoms with Crippen LogP contribution in [0.4, 0.5) is 13.2 Å². The second-order valence-corrected chi connectivity index (χ2v) is 3.84. The van der Waals surface area contributed by atoms with Crippen LogP contribution in [0, 0.1) is 0 Å². The monoisotopic (exact) mass is 254 g/mol. The second-order valence-electron chi connectivity index (χ2n) is 3.84. The van der Waals surface area contributed by atoms with Crippen LogP contribution in [0.5, 0.6) is 0 Å². The molecule has 0 bridgehead atoms. The normalized spacial score (nSPS) is 25.9. The summed E-state index contributed by atoms with van der Waals surface area (Å²) >= 11 is 0. The van der Waals surface area contributed by atoms with Crippen molar-refractivity contribution in [3.8, 4) is 0 Å². The average Bonchev–Trinajstić information content (AvgIpc) is 2.16. The molecule has 17 heavy (non-hydrogen) atoms. The van der Waals surface area contributed by atoms with Crippen LogP contribution < -0.4 is 0 Å². The molecule has 1 N–H and O–H groups in total. The highest BCUT2D eigenvalue weighted by atomic mass is 19.4. The standard InChI is InChI=1S/C10H13F3O4/c1-3-16-8(15)6-5-17-9(2,4-7(6)14)10(11,12)13/h14H,3-5H2,1-2H3/t9-/m1/s1. The molecule has 7 heteroatoms. The fourth-order valence-electron chi connectivity index (χ4n) is 1.37. The van der Waals surface area contributed by atoms with Gasteiger partial charge in [-0.05, 0) is 13.8 Å². The van der Waals surface area contributed by atoms with Crippen LogP contribution in [0.15, 0.2) is 11.3 Å². The summed E-state index contributed by atoms with van der Waals surface area (Å²) in [5, 5.41) is 9.46. The Labute approximate surface area is 96.0 Å². The Morgan fingerprint density at radius 3 is 2.59 bits per heavy atom. The van der Waals surface area contributed by atoms with Crippen molar-refractivity contribution in [3.63, 3.8) is 0 Å². The van der Waals surface area contributed by atoms with Crippen LogP contribution in [0.2, 0.25) is 0 Å². The van der Waals surface area contributed by atoms with Gasteiger partial charge in [-0.15, -0.1) is 0 Å². The minimum absolute atomic E-state index is 0.0755. The molecule has 0 saturated carbocycles. The molecule has 4 nitrogen and oxygen atoms in total. The fraction of sp³-hybridized carbons (Fsp3) is 0.700. The summed E-state index contributed by atoms with van der Waals surface area (Å²) in [6, 6.07) is 0. The van der Waals surface area contributed by atoms with Crippen molar-refractivity contribution in [3.05, 3.63) is 11.3 Å². The Balaban J connectivity index is 2.89. The van der Waals surface area contributed by atoms with Crippen molar-refractivity contribution in [2.24, 2.45) is 0 Å². The molecule has 0 spiro atoms. The predicted molar refractivity (Wildman–Crippen MR) is 51.3 cm³/mol. The van der Waals surface area contributed by atoms with Crippen molar-refractivity contribution in [1.29, 1.82) is 0 Å². The topological polar surface area (TPSA) is 55.8 Å². The van der Waals surface area contributed by atoms with Crippen LogP contribution in [0.3, 0.4) is 0 Å². The lowest BCUT2D eigenvalue weighted by Gasteiger charge is -2.35. The van der Waals surface area contributed by atoms with E-state index in [-0.39, 0.29) is 12.2 Å². The van der Waals surface area contributed by atoms with Crippen molar-refractivity contribution in [1.82, 2.24) is 0 Å². The van der Waals surface area contributed by atoms with E-state index in [0.29, 0.717) is 0 Å². The molecule has 0 fully saturated rings. The number of hydrogen-bond acceptors (Lipinski definition) is 4. The van der Waals surface area contributed by atoms with E-state index in [1.54, 1.807) is 6.92 Å². The highest BCUT2D eigenvalue weighted by molar-refractivity contribution is 5.89. The highest BCUT2D eigenvalue weighted by Crippen LogP contribution is 2.41. The van der Waals surface area contributed by atoms with Crippen LogP contribution in [-0.2, 0) is 14.3 Å². The third-order valence-electron chi connectivity index (χ3n) is 2.51. The van der Waals surface area contributed by atoms with Gasteiger partial charge in [-0.2, -0.15) is 13.2 Å². The molecule has 1 aliphatic heterocycles. The fourth-order valence-corrected chi connectivity index (χ4v) is 1.37. The van der Waals surface area contributed by atoms with Gasteiger partial charge in [-0.3, -0.25) is 0 Å². The van der Waals surface area contributed by atoms with Crippen molar-refractivity contribution in [2.45, 2.75) is 32.0 Å². The number of halogens is 3. The first-order valence-electron chi connectivity index (χ1n) is 5.00. The van der Waals surface area contributed by atoms with Gasteiger partial charge < -0.3 is 14.6 Å². The molecule has 1 aliphatic rings. The summed E-state index contributed by atoms with van der Waals surface area (Å²) in [4.78, 5) is 11.3. The Kier molecular flexibility index (Phi) is 3.71. The first kappa shape index (κ1) is 13.8. The van der Waals surface area contributed by atoms with Crippen molar-refractivity contribution in [2.75, 3.05) is 13.2 Å². The van der Waals surface area contributed by atoms with Gasteiger partial charge in [0.2, 0.25) is 0 Å². The van der Waals surface area contributed by atoms with E-state index in [4.69, 9.17) is 0 Å². The maximum absolute atomic E-state index is 12.6. The predicted octanol–water partition coefficient (Wildman–Crippen LogP) is 2.10. The first-order chi connectivity index (χ1) is 7.71. The number of aliphatic hydroxyl groups is 1. The van der Waals surface area contributed by atoms with Gasteiger partial charge in [0.1, 0.15) is 11.3 Å². The molecule has 1 atom stereocenters. The molecule has 1 heterocycles. The Morgan fingerprint density at radius 1 is 1.59 bits per heavy atom. The molecule has 0 saturated heterocycles. The number of aliphatic hydroxyl groups excluding tert-OH is 1. The molecule has 1 rings (SSSR count). The highest BCUT2D eigenvalue weighted by Gasteiger charge is 2.55. The van der Waals surface area contributed by atoms with Gasteiger partial charge in [0, 0.05) is 6.42 Å². The molecule has 0 radical (unpaired) electrons. The number of carbonyl (C=O) groups is 1. The quantitative estimate of drug-likeness (QED) is 0.767. The number of hydrogen-bond donors (Lipinski definition) is 1.